The molecule has 0 bridgehead atoms. The van der Waals surface area contributed by atoms with Crippen molar-refractivity contribution in [2.24, 2.45) is 7.05 Å². The smallest absolute Gasteiger partial charge is 0.267 e. The summed E-state index contributed by atoms with van der Waals surface area (Å²) >= 11 is 4.58. The summed E-state index contributed by atoms with van der Waals surface area (Å²) in [6.07, 6.45) is 16.7. The molecule has 0 saturated heterocycles. The van der Waals surface area contributed by atoms with Crippen LogP contribution in [0.3, 0.4) is 0 Å². The molecule has 0 aliphatic heterocycles. The van der Waals surface area contributed by atoms with Crippen LogP contribution in [-0.4, -0.2) is 34.5 Å². The van der Waals surface area contributed by atoms with E-state index in [2.05, 4.69) is 135 Å². The van der Waals surface area contributed by atoms with Crippen LogP contribution in [-0.2, 0) is 67.2 Å². The van der Waals surface area contributed by atoms with Gasteiger partial charge in [0.05, 0.1) is 28.2 Å². The maximum absolute atomic E-state index is 14.0. The van der Waals surface area contributed by atoms with Gasteiger partial charge in [0.15, 0.2) is 15.5 Å². The third-order valence-corrected chi connectivity index (χ3v) is 20.4. The molecule has 2 fully saturated rings. The largest absolute Gasteiger partial charge is 0.305 e. The Kier molecular flexibility index (Phi) is 17.3. The summed E-state index contributed by atoms with van der Waals surface area (Å²) in [5.74, 6) is 1.84. The summed E-state index contributed by atoms with van der Waals surface area (Å²) in [7, 11) is 1.88. The average Bonchev–Trinajstić information content (AvgIpc) is 2.64. The maximum Gasteiger partial charge on any atom is 0.267 e. The molecule has 5 aliphatic carbocycles. The number of thioether (sulfide) groups is 3. The van der Waals surface area contributed by atoms with Gasteiger partial charge in [-0.3, -0.25) is 28.1 Å². The Morgan fingerprint density at radius 2 is 0.892 bits per heavy atom. The first kappa shape index (κ1) is 57.6. The molecule has 13 heteroatoms. The van der Waals surface area contributed by atoms with Gasteiger partial charge in [0.25, 0.3) is 22.6 Å². The number of nitrogens with zero attached hydrogens (tertiary/aromatic N) is 7. The first-order chi connectivity index (χ1) is 40.4. The van der Waals surface area contributed by atoms with E-state index in [4.69, 9.17) is 21.5 Å². The van der Waals surface area contributed by atoms with Gasteiger partial charge in [-0.15, -0.1) is 13.2 Å². The predicted octanol–water partition coefficient (Wildman–Crippen LogP) is 15.2. The fourth-order valence-electron chi connectivity index (χ4n) is 13.6. The van der Waals surface area contributed by atoms with E-state index in [9.17, 15) is 14.4 Å². The van der Waals surface area contributed by atoms with Crippen molar-refractivity contribution < 1.29 is 0 Å². The highest BCUT2D eigenvalue weighted by molar-refractivity contribution is 7.99. The van der Waals surface area contributed by atoms with Crippen LogP contribution in [0.25, 0.3) is 38.6 Å². The van der Waals surface area contributed by atoms with Gasteiger partial charge in [-0.05, 0) is 84.5 Å². The third kappa shape index (κ3) is 11.5. The van der Waals surface area contributed by atoms with Crippen LogP contribution < -0.4 is 16.7 Å². The first-order valence-corrected chi connectivity index (χ1v) is 32.0. The van der Waals surface area contributed by atoms with Crippen molar-refractivity contribution in [1.82, 2.24) is 28.7 Å². The highest BCUT2D eigenvalue weighted by Crippen LogP contribution is 2.51. The quantitative estimate of drug-likeness (QED) is 0.0511. The van der Waals surface area contributed by atoms with Gasteiger partial charge in [-0.1, -0.05) is 215 Å². The molecule has 2 spiro atoms. The topological polar surface area (TPSA) is 109 Å². The summed E-state index contributed by atoms with van der Waals surface area (Å²) < 4.78 is 5.27. The van der Waals surface area contributed by atoms with Gasteiger partial charge < -0.3 is 4.85 Å². The van der Waals surface area contributed by atoms with E-state index in [1.54, 1.807) is 38.7 Å². The second-order valence-electron chi connectivity index (χ2n) is 23.3. The normalized spacial score (nSPS) is 16.0. The van der Waals surface area contributed by atoms with Crippen molar-refractivity contribution >= 4 is 35.3 Å². The summed E-state index contributed by atoms with van der Waals surface area (Å²) in [4.78, 5) is 59.1. The molecule has 3 heterocycles. The molecule has 0 amide bonds. The summed E-state index contributed by atoms with van der Waals surface area (Å²) in [5.41, 5.74) is 14.9. The van der Waals surface area contributed by atoms with Crippen molar-refractivity contribution in [3.05, 3.63) is 246 Å². The molecule has 10 nitrogen and oxygen atoms in total. The van der Waals surface area contributed by atoms with Crippen molar-refractivity contribution in [1.29, 1.82) is 0 Å². The Hall–Kier alpha value is -7.24. The fraction of sp³-hybridized carbons (Fsp3) is 0.329. The Labute approximate surface area is 500 Å². The van der Waals surface area contributed by atoms with Crippen LogP contribution in [0.2, 0.25) is 0 Å². The van der Waals surface area contributed by atoms with E-state index in [-0.39, 0.29) is 38.8 Å². The summed E-state index contributed by atoms with van der Waals surface area (Å²) in [5, 5.41) is 2.18. The zero-order valence-electron chi connectivity index (χ0n) is 47.9. The van der Waals surface area contributed by atoms with Crippen LogP contribution in [0.1, 0.15) is 116 Å². The van der Waals surface area contributed by atoms with E-state index >= 15 is 0 Å². The van der Waals surface area contributed by atoms with Gasteiger partial charge in [-0.25, -0.2) is 21.5 Å². The number of benzene rings is 5. The number of hydrogen-bond donors (Lipinski definition) is 0. The number of allylic oxidation sites excluding steroid dienone is 2. The molecule has 5 aliphatic rings. The first-order valence-electron chi connectivity index (χ1n) is 29.1. The van der Waals surface area contributed by atoms with E-state index in [0.717, 1.165) is 117 Å². The van der Waals surface area contributed by atoms with Gasteiger partial charge in [0.2, 0.25) is 0 Å². The highest BCUT2D eigenvalue weighted by atomic mass is 32.2. The van der Waals surface area contributed by atoms with E-state index in [1.165, 1.54) is 71.7 Å². The lowest BCUT2D eigenvalue weighted by atomic mass is 9.62. The molecule has 3 aromatic heterocycles. The van der Waals surface area contributed by atoms with Crippen LogP contribution in [0.5, 0.6) is 0 Å². The van der Waals surface area contributed by atoms with Gasteiger partial charge in [-0.2, -0.15) is 0 Å². The van der Waals surface area contributed by atoms with Crippen LogP contribution >= 0.6 is 35.3 Å². The van der Waals surface area contributed by atoms with Crippen molar-refractivity contribution in [3.8, 4) is 33.8 Å². The Bertz CT molecular complexity index is 3960. The lowest BCUT2D eigenvalue weighted by molar-refractivity contribution is 0.282. The molecule has 5 aromatic carbocycles. The second kappa shape index (κ2) is 24.9. The molecule has 2 saturated carbocycles. The monoisotopic (exact) mass is 1150 g/mol. The Morgan fingerprint density at radius 1 is 0.506 bits per heavy atom. The molecule has 0 atom stereocenters. The Balaban J connectivity index is 0.000000131. The predicted molar refractivity (Wildman–Crippen MR) is 342 cm³/mol. The van der Waals surface area contributed by atoms with Crippen molar-refractivity contribution in [2.75, 3.05) is 5.88 Å². The number of hydrogen-bond acceptors (Lipinski definition) is 9. The second-order valence-corrected chi connectivity index (χ2v) is 26.1. The van der Waals surface area contributed by atoms with Crippen molar-refractivity contribution in [2.45, 2.75) is 147 Å². The lowest BCUT2D eigenvalue weighted by Gasteiger charge is -2.42. The Morgan fingerprint density at radius 3 is 1.37 bits per heavy atom. The fourth-order valence-corrected chi connectivity index (χ4v) is 16.1. The summed E-state index contributed by atoms with van der Waals surface area (Å²) in [6, 6.07) is 45.9. The van der Waals surface area contributed by atoms with E-state index < -0.39 is 0 Å². The van der Waals surface area contributed by atoms with E-state index in [0.29, 0.717) is 18.2 Å². The standard InChI is InChI=1S/C27H28N2OS.C24H24N2OS.C19H19N3OS/c1-2-17-29-25(30)23-24(28-26(29)31-19-20-11-5-3-6-12-20)22-14-8-7-13-21(22)18-27(23)15-9-4-10-16-27;1-26-22(27)20-21(25-23(26)28-16-17-9-3-2-4-10-17)19-12-6-5-11-18(19)15-24(20)13-7-8-14-24;1-5-10-22-17(23)15-16(21-18(22)24-12-20-4)14-9-7-6-8-13(14)11-19(15,2)3/h2-3,5-8,11-14H,1,4,9-10,15-19H2;2-6,9-12H,7-8,13-16H2,1H3;5-9H,1,10-12H2,2-3H3. The third-order valence-electron chi connectivity index (χ3n) is 17.4. The molecular formula is C70H71N7O3S3. The summed E-state index contributed by atoms with van der Waals surface area (Å²) in [6.45, 7) is 19.8. The average molecular weight is 1150 g/mol. The van der Waals surface area contributed by atoms with Crippen LogP contribution in [0.4, 0.5) is 0 Å². The zero-order valence-corrected chi connectivity index (χ0v) is 50.3. The van der Waals surface area contributed by atoms with Crippen molar-refractivity contribution in [3.63, 3.8) is 0 Å². The lowest BCUT2D eigenvalue weighted by Crippen LogP contribution is -2.43. The van der Waals surface area contributed by atoms with Crippen LogP contribution in [0.15, 0.2) is 189 Å². The minimum atomic E-state index is -0.278. The minimum Gasteiger partial charge on any atom is -0.305 e. The number of rotatable bonds is 12. The molecule has 13 rings (SSSR count). The van der Waals surface area contributed by atoms with E-state index in [1.807, 2.05) is 48.0 Å². The highest BCUT2D eigenvalue weighted by Gasteiger charge is 2.46. The molecule has 83 heavy (non-hydrogen) atoms. The number of fused-ring (bicyclic) bond motifs is 11. The maximum atomic E-state index is 14.0. The van der Waals surface area contributed by atoms with Gasteiger partial charge in [0.1, 0.15) is 0 Å². The molecule has 422 valence electrons. The molecule has 0 radical (unpaired) electrons. The van der Waals surface area contributed by atoms with Gasteiger partial charge >= 0.3 is 0 Å². The number of aromatic nitrogens is 6. The molecule has 0 N–H and O–H groups in total. The van der Waals surface area contributed by atoms with Gasteiger partial charge in [0, 0.05) is 70.1 Å². The van der Waals surface area contributed by atoms with Crippen LogP contribution in [0, 0.1) is 6.57 Å². The zero-order chi connectivity index (χ0) is 57.7. The molecule has 8 aromatic rings. The minimum absolute atomic E-state index is 0.0197. The SMILES string of the molecule is C=CCn1c(SCc2ccccc2)nc2c(c1=O)C1(CCCCC1)Cc1ccccc1-2.Cn1c(SCc2ccccc2)nc2c(c1=O)C1(CCCC1)Cc1ccccc1-2.[C-]#[N+]CSc1nc2c(c(=O)n1CC=C)C(C)(C)Cc1ccccc1-2. The molecule has 0 unspecified atom stereocenters. The molecular weight excluding hydrogens is 1080 g/mol.